The van der Waals surface area contributed by atoms with Gasteiger partial charge in [-0.1, -0.05) is 18.2 Å². The molecule has 1 aliphatic heterocycles. The Morgan fingerprint density at radius 3 is 2.56 bits per heavy atom. The van der Waals surface area contributed by atoms with E-state index in [0.29, 0.717) is 50.6 Å². The van der Waals surface area contributed by atoms with Crippen molar-refractivity contribution in [2.24, 2.45) is 0 Å². The van der Waals surface area contributed by atoms with Crippen LogP contribution in [0.4, 0.5) is 0 Å². The summed E-state index contributed by atoms with van der Waals surface area (Å²) in [6.07, 6.45) is 0.635. The number of methoxy groups -OCH3 is 1. The molecular weight excluding hydrogens is 366 g/mol. The number of ether oxygens (including phenoxy) is 1. The highest BCUT2D eigenvalue weighted by Gasteiger charge is 2.27. The van der Waals surface area contributed by atoms with E-state index in [1.54, 1.807) is 42.3 Å². The molecule has 0 spiro atoms. The van der Waals surface area contributed by atoms with Crippen LogP contribution in [0.3, 0.4) is 0 Å². The van der Waals surface area contributed by atoms with Crippen molar-refractivity contribution in [2.75, 3.05) is 53.0 Å². The first-order valence-electron chi connectivity index (χ1n) is 8.08. The summed E-state index contributed by atoms with van der Waals surface area (Å²) < 4.78 is 31.7. The minimum Gasteiger partial charge on any atom is -0.383 e. The Kier molecular flexibility index (Phi) is 9.37. The number of rotatable bonds is 7. The second-order valence-electron chi connectivity index (χ2n) is 5.62. The minimum atomic E-state index is -3.50. The zero-order valence-electron chi connectivity index (χ0n) is 14.4. The van der Waals surface area contributed by atoms with Crippen LogP contribution in [0, 0.1) is 0 Å². The van der Waals surface area contributed by atoms with Crippen LogP contribution in [0.5, 0.6) is 0 Å². The molecule has 2 rings (SSSR count). The Morgan fingerprint density at radius 1 is 1.16 bits per heavy atom. The SMILES string of the molecule is COCCNCC(=O)N1CCCN(S(=O)(=O)c2ccccc2)CC1.Cl. The van der Waals surface area contributed by atoms with E-state index in [-0.39, 0.29) is 24.9 Å². The Labute approximate surface area is 155 Å². The van der Waals surface area contributed by atoms with E-state index < -0.39 is 10.0 Å². The highest BCUT2D eigenvalue weighted by molar-refractivity contribution is 7.89. The molecule has 25 heavy (non-hydrogen) atoms. The molecule has 1 N–H and O–H groups in total. The lowest BCUT2D eigenvalue weighted by Gasteiger charge is -2.22. The van der Waals surface area contributed by atoms with E-state index in [1.165, 1.54) is 4.31 Å². The number of nitrogens with one attached hydrogen (secondary N) is 1. The Balaban J connectivity index is 0.00000312. The van der Waals surface area contributed by atoms with Crippen molar-refractivity contribution in [3.63, 3.8) is 0 Å². The van der Waals surface area contributed by atoms with E-state index in [4.69, 9.17) is 4.74 Å². The van der Waals surface area contributed by atoms with Gasteiger partial charge in [0, 0.05) is 39.8 Å². The average molecular weight is 392 g/mol. The molecule has 0 radical (unpaired) electrons. The van der Waals surface area contributed by atoms with Gasteiger partial charge in [0.05, 0.1) is 18.0 Å². The maximum absolute atomic E-state index is 12.7. The summed E-state index contributed by atoms with van der Waals surface area (Å²) in [5.74, 6) is -0.00920. The Morgan fingerprint density at radius 2 is 1.88 bits per heavy atom. The van der Waals surface area contributed by atoms with Gasteiger partial charge in [-0.25, -0.2) is 8.42 Å². The van der Waals surface area contributed by atoms with Gasteiger partial charge in [0.15, 0.2) is 0 Å². The maximum atomic E-state index is 12.7. The summed E-state index contributed by atoms with van der Waals surface area (Å²) in [5.41, 5.74) is 0. The van der Waals surface area contributed by atoms with Crippen LogP contribution < -0.4 is 5.32 Å². The number of amides is 1. The lowest BCUT2D eigenvalue weighted by atomic mass is 10.4. The van der Waals surface area contributed by atoms with Crippen LogP contribution >= 0.6 is 12.4 Å². The summed E-state index contributed by atoms with van der Waals surface area (Å²) in [7, 11) is -1.88. The van der Waals surface area contributed by atoms with Crippen LogP contribution in [-0.2, 0) is 19.6 Å². The zero-order valence-corrected chi connectivity index (χ0v) is 16.0. The van der Waals surface area contributed by atoms with Gasteiger partial charge in [0.2, 0.25) is 15.9 Å². The molecule has 1 fully saturated rings. The first-order chi connectivity index (χ1) is 11.6. The van der Waals surface area contributed by atoms with E-state index >= 15 is 0 Å². The van der Waals surface area contributed by atoms with Crippen molar-refractivity contribution >= 4 is 28.3 Å². The Hall–Kier alpha value is -1.19. The molecule has 0 unspecified atom stereocenters. The molecule has 1 saturated heterocycles. The molecule has 7 nitrogen and oxygen atoms in total. The minimum absolute atomic E-state index is 0. The molecule has 142 valence electrons. The summed E-state index contributed by atoms with van der Waals surface area (Å²) in [6.45, 7) is 3.15. The van der Waals surface area contributed by atoms with Crippen molar-refractivity contribution in [1.29, 1.82) is 0 Å². The van der Waals surface area contributed by atoms with Gasteiger partial charge in [0.1, 0.15) is 0 Å². The first-order valence-corrected chi connectivity index (χ1v) is 9.52. The second-order valence-corrected chi connectivity index (χ2v) is 7.56. The van der Waals surface area contributed by atoms with Crippen molar-refractivity contribution in [3.8, 4) is 0 Å². The largest absolute Gasteiger partial charge is 0.383 e. The second kappa shape index (κ2) is 10.7. The third-order valence-corrected chi connectivity index (χ3v) is 5.86. The molecule has 1 amide bonds. The third-order valence-electron chi connectivity index (χ3n) is 3.95. The molecule has 9 heteroatoms. The predicted octanol–water partition coefficient (Wildman–Crippen LogP) is 0.567. The highest BCUT2D eigenvalue weighted by Crippen LogP contribution is 2.17. The molecule has 1 heterocycles. The number of benzene rings is 1. The van der Waals surface area contributed by atoms with Crippen LogP contribution in [0.1, 0.15) is 6.42 Å². The number of sulfonamides is 1. The lowest BCUT2D eigenvalue weighted by molar-refractivity contribution is -0.130. The summed E-state index contributed by atoms with van der Waals surface area (Å²) in [5, 5.41) is 3.02. The highest BCUT2D eigenvalue weighted by atomic mass is 35.5. The molecule has 1 aliphatic rings. The fourth-order valence-corrected chi connectivity index (χ4v) is 4.10. The quantitative estimate of drug-likeness (QED) is 0.687. The lowest BCUT2D eigenvalue weighted by Crippen LogP contribution is -2.41. The van der Waals surface area contributed by atoms with Crippen molar-refractivity contribution in [1.82, 2.24) is 14.5 Å². The van der Waals surface area contributed by atoms with Gasteiger partial charge < -0.3 is 15.0 Å². The third kappa shape index (κ3) is 6.23. The number of carbonyl (C=O) groups is 1. The number of hydrogen-bond donors (Lipinski definition) is 1. The van der Waals surface area contributed by atoms with Crippen molar-refractivity contribution in [2.45, 2.75) is 11.3 Å². The molecule has 0 saturated carbocycles. The van der Waals surface area contributed by atoms with E-state index in [9.17, 15) is 13.2 Å². The van der Waals surface area contributed by atoms with Crippen LogP contribution in [0.15, 0.2) is 35.2 Å². The molecule has 0 aliphatic carbocycles. The van der Waals surface area contributed by atoms with Gasteiger partial charge in [-0.2, -0.15) is 4.31 Å². The number of halogens is 1. The normalized spacial score (nSPS) is 16.1. The van der Waals surface area contributed by atoms with Crippen molar-refractivity contribution < 1.29 is 17.9 Å². The van der Waals surface area contributed by atoms with E-state index in [1.807, 2.05) is 0 Å². The van der Waals surface area contributed by atoms with E-state index in [2.05, 4.69) is 5.32 Å². The number of carbonyl (C=O) groups excluding carboxylic acids is 1. The van der Waals surface area contributed by atoms with Crippen LogP contribution in [-0.4, -0.2) is 76.5 Å². The fourth-order valence-electron chi connectivity index (χ4n) is 2.61. The zero-order chi connectivity index (χ0) is 17.4. The molecule has 0 bridgehead atoms. The predicted molar refractivity (Wildman–Crippen MR) is 98.4 cm³/mol. The molecule has 1 aromatic carbocycles. The summed E-state index contributed by atoms with van der Waals surface area (Å²) in [4.78, 5) is 14.2. The number of hydrogen-bond acceptors (Lipinski definition) is 5. The van der Waals surface area contributed by atoms with Gasteiger partial charge in [-0.3, -0.25) is 4.79 Å². The van der Waals surface area contributed by atoms with E-state index in [0.717, 1.165) is 0 Å². The van der Waals surface area contributed by atoms with Gasteiger partial charge in [0.25, 0.3) is 0 Å². The molecule has 0 atom stereocenters. The summed E-state index contributed by atoms with van der Waals surface area (Å²) in [6, 6.07) is 8.42. The van der Waals surface area contributed by atoms with Gasteiger partial charge in [-0.15, -0.1) is 12.4 Å². The van der Waals surface area contributed by atoms with Crippen LogP contribution in [0.2, 0.25) is 0 Å². The average Bonchev–Trinajstić information content (AvgIpc) is 2.86. The molecular formula is C16H26ClN3O4S. The fraction of sp³-hybridized carbons (Fsp3) is 0.562. The van der Waals surface area contributed by atoms with Gasteiger partial charge in [-0.05, 0) is 18.6 Å². The first kappa shape index (κ1) is 21.9. The maximum Gasteiger partial charge on any atom is 0.243 e. The van der Waals surface area contributed by atoms with Gasteiger partial charge >= 0.3 is 0 Å². The topological polar surface area (TPSA) is 79.0 Å². The standard InChI is InChI=1S/C16H25N3O4S.ClH/c1-23-13-8-17-14-16(20)18-9-5-10-19(12-11-18)24(21,22)15-6-3-2-4-7-15;/h2-4,6-7,17H,5,8-14H2,1H3;1H. The monoisotopic (exact) mass is 391 g/mol. The smallest absolute Gasteiger partial charge is 0.243 e. The summed E-state index contributed by atoms with van der Waals surface area (Å²) >= 11 is 0. The van der Waals surface area contributed by atoms with Crippen molar-refractivity contribution in [3.05, 3.63) is 30.3 Å². The molecule has 0 aromatic heterocycles. The Bertz CT molecular complexity index is 628. The molecule has 1 aromatic rings. The number of nitrogens with zero attached hydrogens (tertiary/aromatic N) is 2. The van der Waals surface area contributed by atoms with Crippen LogP contribution in [0.25, 0.3) is 0 Å².